The van der Waals surface area contributed by atoms with Gasteiger partial charge < -0.3 is 4.74 Å². The van der Waals surface area contributed by atoms with Gasteiger partial charge in [-0.05, 0) is 25.0 Å². The molecule has 2 unspecified atom stereocenters. The maximum atomic E-state index is 12.4. The van der Waals surface area contributed by atoms with Gasteiger partial charge in [0.05, 0.1) is 11.8 Å². The lowest BCUT2D eigenvalue weighted by atomic mass is 9.85. The minimum atomic E-state index is -0.647. The third-order valence-electron chi connectivity index (χ3n) is 4.94. The second kappa shape index (κ2) is 6.57. The number of imide groups is 1. The van der Waals surface area contributed by atoms with Crippen LogP contribution in [-0.4, -0.2) is 29.2 Å². The van der Waals surface area contributed by atoms with Crippen LogP contribution in [0.5, 0.6) is 5.75 Å². The quantitative estimate of drug-likeness (QED) is 0.360. The molecule has 132 valence electrons. The zero-order valence-electron chi connectivity index (χ0n) is 13.9. The molecule has 5 nitrogen and oxygen atoms in total. The van der Waals surface area contributed by atoms with Gasteiger partial charge in [0, 0.05) is 15.8 Å². The smallest absolute Gasteiger partial charge is 0.331 e. The number of likely N-dealkylation sites (tertiary alicyclic amines) is 1. The van der Waals surface area contributed by atoms with Crippen LogP contribution >= 0.6 is 11.6 Å². The lowest BCUT2D eigenvalue weighted by Gasteiger charge is -2.14. The first-order valence-corrected chi connectivity index (χ1v) is 8.82. The molecule has 1 fully saturated rings. The van der Waals surface area contributed by atoms with Gasteiger partial charge in [-0.3, -0.25) is 14.5 Å². The number of fused-ring (bicyclic) bond motifs is 2. The third-order valence-corrected chi connectivity index (χ3v) is 5.27. The van der Waals surface area contributed by atoms with Crippen LogP contribution in [0, 0.1) is 11.8 Å². The molecule has 1 aliphatic heterocycles. The van der Waals surface area contributed by atoms with Crippen LogP contribution in [0.4, 0.5) is 0 Å². The number of amides is 2. The lowest BCUT2D eigenvalue weighted by Crippen LogP contribution is -2.37. The van der Waals surface area contributed by atoms with Crippen molar-refractivity contribution in [2.45, 2.75) is 12.8 Å². The Hall–Kier alpha value is -2.66. The summed E-state index contributed by atoms with van der Waals surface area (Å²) in [5.41, 5.74) is 0. The highest BCUT2D eigenvalue weighted by molar-refractivity contribution is 6.35. The normalized spacial score (nSPS) is 22.0. The van der Waals surface area contributed by atoms with Crippen LogP contribution in [0.1, 0.15) is 12.8 Å². The average molecular weight is 370 g/mol. The summed E-state index contributed by atoms with van der Waals surface area (Å²) < 4.78 is 5.44. The molecule has 0 bridgehead atoms. The monoisotopic (exact) mass is 369 g/mol. The fourth-order valence-electron chi connectivity index (χ4n) is 3.63. The van der Waals surface area contributed by atoms with Crippen molar-refractivity contribution in [1.82, 2.24) is 4.90 Å². The maximum absolute atomic E-state index is 12.4. The van der Waals surface area contributed by atoms with Crippen molar-refractivity contribution in [2.75, 3.05) is 6.54 Å². The highest BCUT2D eigenvalue weighted by Gasteiger charge is 2.47. The van der Waals surface area contributed by atoms with E-state index in [-0.39, 0.29) is 30.2 Å². The summed E-state index contributed by atoms with van der Waals surface area (Å²) in [4.78, 5) is 38.3. The van der Waals surface area contributed by atoms with E-state index in [0.29, 0.717) is 29.0 Å². The zero-order chi connectivity index (χ0) is 18.3. The summed E-state index contributed by atoms with van der Waals surface area (Å²) in [7, 11) is 0. The van der Waals surface area contributed by atoms with E-state index in [9.17, 15) is 14.4 Å². The van der Waals surface area contributed by atoms with E-state index in [1.807, 2.05) is 30.4 Å². The van der Waals surface area contributed by atoms with Gasteiger partial charge in [-0.2, -0.15) is 0 Å². The number of esters is 1. The Morgan fingerprint density at radius 2 is 1.62 bits per heavy atom. The highest BCUT2D eigenvalue weighted by Crippen LogP contribution is 2.35. The number of hydrogen-bond donors (Lipinski definition) is 0. The van der Waals surface area contributed by atoms with Crippen LogP contribution in [0.25, 0.3) is 10.8 Å². The van der Waals surface area contributed by atoms with Crippen LogP contribution in [0.2, 0.25) is 5.02 Å². The molecule has 4 rings (SSSR count). The van der Waals surface area contributed by atoms with Crippen molar-refractivity contribution in [1.29, 1.82) is 0 Å². The Labute approximate surface area is 155 Å². The first-order chi connectivity index (χ1) is 12.6. The van der Waals surface area contributed by atoms with E-state index in [1.165, 1.54) is 0 Å². The molecule has 2 aliphatic rings. The van der Waals surface area contributed by atoms with Crippen molar-refractivity contribution in [3.8, 4) is 5.75 Å². The molecule has 1 saturated heterocycles. The Morgan fingerprint density at radius 1 is 1.00 bits per heavy atom. The summed E-state index contributed by atoms with van der Waals surface area (Å²) in [6.07, 6.45) is 4.91. The second-order valence-corrected chi connectivity index (χ2v) is 6.89. The van der Waals surface area contributed by atoms with Crippen molar-refractivity contribution < 1.29 is 19.1 Å². The average Bonchev–Trinajstić information content (AvgIpc) is 2.90. The topological polar surface area (TPSA) is 63.7 Å². The molecule has 0 saturated carbocycles. The van der Waals surface area contributed by atoms with Crippen LogP contribution in [-0.2, 0) is 14.4 Å². The molecule has 0 spiro atoms. The molecular weight excluding hydrogens is 354 g/mol. The molecule has 0 aromatic heterocycles. The Bertz CT molecular complexity index is 926. The van der Waals surface area contributed by atoms with Crippen molar-refractivity contribution in [2.24, 2.45) is 11.8 Å². The standard InChI is InChI=1S/C20H16ClNO4/c21-16-9-10-17(13-6-2-1-5-12(13)16)26-18(23)11-22-19(24)14-7-3-4-8-15(14)20(22)25/h1-6,9-10,14-15H,7-8,11H2. The summed E-state index contributed by atoms with van der Waals surface area (Å²) in [6, 6.07) is 10.6. The summed E-state index contributed by atoms with van der Waals surface area (Å²) in [6.45, 7) is -0.373. The van der Waals surface area contributed by atoms with Crippen molar-refractivity contribution in [3.05, 3.63) is 53.6 Å². The largest absolute Gasteiger partial charge is 0.425 e. The van der Waals surface area contributed by atoms with Crippen LogP contribution < -0.4 is 4.74 Å². The highest BCUT2D eigenvalue weighted by atomic mass is 35.5. The minimum Gasteiger partial charge on any atom is -0.425 e. The number of carbonyl (C=O) groups excluding carboxylic acids is 3. The van der Waals surface area contributed by atoms with E-state index in [4.69, 9.17) is 16.3 Å². The summed E-state index contributed by atoms with van der Waals surface area (Å²) >= 11 is 6.17. The lowest BCUT2D eigenvalue weighted by molar-refractivity contribution is -0.148. The van der Waals surface area contributed by atoms with Gasteiger partial charge in [-0.15, -0.1) is 0 Å². The molecule has 0 N–H and O–H groups in total. The molecule has 6 heteroatoms. The summed E-state index contributed by atoms with van der Waals surface area (Å²) in [5, 5.41) is 2.03. The van der Waals surface area contributed by atoms with Gasteiger partial charge in [0.2, 0.25) is 11.8 Å². The predicted molar refractivity (Wildman–Crippen MR) is 96.7 cm³/mol. The van der Waals surface area contributed by atoms with Crippen molar-refractivity contribution in [3.63, 3.8) is 0 Å². The first kappa shape index (κ1) is 16.8. The fraction of sp³-hybridized carbons (Fsp3) is 0.250. The number of halogens is 1. The zero-order valence-corrected chi connectivity index (χ0v) is 14.6. The third kappa shape index (κ3) is 2.78. The van der Waals surface area contributed by atoms with E-state index >= 15 is 0 Å². The van der Waals surface area contributed by atoms with E-state index < -0.39 is 5.97 Å². The Balaban J connectivity index is 1.53. The van der Waals surface area contributed by atoms with Gasteiger partial charge in [0.25, 0.3) is 0 Å². The Kier molecular flexibility index (Phi) is 4.24. The van der Waals surface area contributed by atoms with Crippen LogP contribution in [0.3, 0.4) is 0 Å². The van der Waals surface area contributed by atoms with Gasteiger partial charge >= 0.3 is 5.97 Å². The Morgan fingerprint density at radius 3 is 2.27 bits per heavy atom. The minimum absolute atomic E-state index is 0.290. The molecule has 1 aliphatic carbocycles. The predicted octanol–water partition coefficient (Wildman–Crippen LogP) is 3.35. The maximum Gasteiger partial charge on any atom is 0.331 e. The molecule has 2 aromatic carbocycles. The number of hydrogen-bond acceptors (Lipinski definition) is 4. The van der Waals surface area contributed by atoms with Crippen molar-refractivity contribution >= 4 is 40.2 Å². The fourth-order valence-corrected chi connectivity index (χ4v) is 3.86. The van der Waals surface area contributed by atoms with Gasteiger partial charge in [-0.25, -0.2) is 4.79 Å². The second-order valence-electron chi connectivity index (χ2n) is 6.48. The molecular formula is C20H16ClNO4. The van der Waals surface area contributed by atoms with Gasteiger partial charge in [0.15, 0.2) is 0 Å². The first-order valence-electron chi connectivity index (χ1n) is 8.44. The molecule has 0 radical (unpaired) electrons. The molecule has 1 heterocycles. The van der Waals surface area contributed by atoms with Gasteiger partial charge in [0.1, 0.15) is 12.3 Å². The number of rotatable bonds is 3. The summed E-state index contributed by atoms with van der Waals surface area (Å²) in [5.74, 6) is -1.57. The number of nitrogens with zero attached hydrogens (tertiary/aromatic N) is 1. The molecule has 26 heavy (non-hydrogen) atoms. The van der Waals surface area contributed by atoms with Gasteiger partial charge in [-0.1, -0.05) is 48.0 Å². The SMILES string of the molecule is O=C(CN1C(=O)C2CC=CCC2C1=O)Oc1ccc(Cl)c2ccccc12. The number of benzene rings is 2. The van der Waals surface area contributed by atoms with E-state index in [0.717, 1.165) is 10.3 Å². The molecule has 2 aromatic rings. The number of ether oxygens (including phenoxy) is 1. The molecule has 2 atom stereocenters. The van der Waals surface area contributed by atoms with Crippen LogP contribution in [0.15, 0.2) is 48.6 Å². The van der Waals surface area contributed by atoms with E-state index in [1.54, 1.807) is 18.2 Å². The molecule has 2 amide bonds. The number of carbonyl (C=O) groups is 3. The van der Waals surface area contributed by atoms with E-state index in [2.05, 4.69) is 0 Å². The number of allylic oxidation sites excluding steroid dienone is 2.